The molecule has 17 heavy (non-hydrogen) atoms. The van der Waals surface area contributed by atoms with E-state index in [4.69, 9.17) is 10.00 Å². The van der Waals surface area contributed by atoms with Crippen molar-refractivity contribution in [1.82, 2.24) is 0 Å². The number of carbonyl (C=O) groups is 1. The number of nitriles is 1. The molecule has 0 N–H and O–H groups in total. The van der Waals surface area contributed by atoms with Crippen LogP contribution in [-0.4, -0.2) is 12.6 Å². The predicted octanol–water partition coefficient (Wildman–Crippen LogP) is 2.92. The second kappa shape index (κ2) is 4.50. The third kappa shape index (κ3) is 2.07. The van der Waals surface area contributed by atoms with Crippen molar-refractivity contribution in [3.63, 3.8) is 0 Å². The number of esters is 1. The molecule has 1 aromatic carbocycles. The highest BCUT2D eigenvalue weighted by atomic mass is 79.9. The van der Waals surface area contributed by atoms with Gasteiger partial charge in [-0.2, -0.15) is 5.26 Å². The Balaban J connectivity index is 2.35. The van der Waals surface area contributed by atoms with Gasteiger partial charge in [-0.1, -0.05) is 6.07 Å². The Hall–Kier alpha value is -1.34. The average Bonchev–Trinajstić information content (AvgIpc) is 3.11. The predicted molar refractivity (Wildman–Crippen MR) is 66.4 cm³/mol. The molecule has 88 valence electrons. The van der Waals surface area contributed by atoms with Crippen LogP contribution in [-0.2, 0) is 14.9 Å². The van der Waals surface area contributed by atoms with Crippen LogP contribution in [0.25, 0.3) is 0 Å². The summed E-state index contributed by atoms with van der Waals surface area (Å²) in [6.07, 6.45) is 1.61. The summed E-state index contributed by atoms with van der Waals surface area (Å²) in [7, 11) is 0. The molecular formula is C13H12BrNO2. The van der Waals surface area contributed by atoms with Crippen LogP contribution in [0.2, 0.25) is 0 Å². The standard InChI is InChI=1S/C13H12BrNO2/c1-2-17-12(16)13(5-6-13)10-3-4-11(14)9(7-10)8-15/h3-4,7H,2,5-6H2,1H3. The van der Waals surface area contributed by atoms with Crippen LogP contribution in [0.15, 0.2) is 22.7 Å². The maximum absolute atomic E-state index is 11.9. The molecular weight excluding hydrogens is 282 g/mol. The fraction of sp³-hybridized carbons (Fsp3) is 0.385. The second-order valence-corrected chi connectivity index (χ2v) is 4.96. The van der Waals surface area contributed by atoms with Crippen LogP contribution in [0, 0.1) is 11.3 Å². The lowest BCUT2D eigenvalue weighted by molar-refractivity contribution is -0.146. The molecule has 0 radical (unpaired) electrons. The number of hydrogen-bond acceptors (Lipinski definition) is 3. The number of hydrogen-bond donors (Lipinski definition) is 0. The van der Waals surface area contributed by atoms with E-state index in [-0.39, 0.29) is 5.97 Å². The number of benzene rings is 1. The van der Waals surface area contributed by atoms with Crippen molar-refractivity contribution in [2.45, 2.75) is 25.2 Å². The molecule has 1 aromatic rings. The van der Waals surface area contributed by atoms with E-state index in [1.807, 2.05) is 12.1 Å². The number of nitrogens with zero attached hydrogens (tertiary/aromatic N) is 1. The van der Waals surface area contributed by atoms with E-state index in [1.54, 1.807) is 13.0 Å². The first kappa shape index (κ1) is 12.1. The highest BCUT2D eigenvalue weighted by Crippen LogP contribution is 2.49. The number of halogens is 1. The van der Waals surface area contributed by atoms with Crippen LogP contribution < -0.4 is 0 Å². The van der Waals surface area contributed by atoms with E-state index in [0.717, 1.165) is 22.9 Å². The number of carbonyl (C=O) groups excluding carboxylic acids is 1. The molecule has 0 saturated heterocycles. The van der Waals surface area contributed by atoms with Gasteiger partial charge in [0.25, 0.3) is 0 Å². The van der Waals surface area contributed by atoms with Crippen LogP contribution in [0.4, 0.5) is 0 Å². The van der Waals surface area contributed by atoms with Gasteiger partial charge in [0.1, 0.15) is 6.07 Å². The van der Waals surface area contributed by atoms with E-state index in [1.165, 1.54) is 0 Å². The Labute approximate surface area is 109 Å². The van der Waals surface area contributed by atoms with Gasteiger partial charge in [0, 0.05) is 4.47 Å². The van der Waals surface area contributed by atoms with Crippen molar-refractivity contribution in [3.8, 4) is 6.07 Å². The van der Waals surface area contributed by atoms with Crippen molar-refractivity contribution >= 4 is 21.9 Å². The quantitative estimate of drug-likeness (QED) is 0.805. The Bertz CT molecular complexity index is 501. The van der Waals surface area contributed by atoms with E-state index in [0.29, 0.717) is 12.2 Å². The molecule has 2 rings (SSSR count). The first-order chi connectivity index (χ1) is 8.14. The van der Waals surface area contributed by atoms with Crippen molar-refractivity contribution < 1.29 is 9.53 Å². The van der Waals surface area contributed by atoms with E-state index in [9.17, 15) is 4.79 Å². The second-order valence-electron chi connectivity index (χ2n) is 4.11. The van der Waals surface area contributed by atoms with Gasteiger partial charge in [-0.15, -0.1) is 0 Å². The topological polar surface area (TPSA) is 50.1 Å². The molecule has 4 heteroatoms. The first-order valence-electron chi connectivity index (χ1n) is 5.51. The minimum atomic E-state index is -0.498. The summed E-state index contributed by atoms with van der Waals surface area (Å²) in [5.74, 6) is -0.175. The van der Waals surface area contributed by atoms with E-state index >= 15 is 0 Å². The van der Waals surface area contributed by atoms with Gasteiger partial charge < -0.3 is 4.74 Å². The lowest BCUT2D eigenvalue weighted by Gasteiger charge is -2.14. The zero-order valence-electron chi connectivity index (χ0n) is 9.50. The van der Waals surface area contributed by atoms with Gasteiger partial charge in [-0.05, 0) is 53.4 Å². The Morgan fingerprint density at radius 1 is 1.59 bits per heavy atom. The molecule has 1 aliphatic carbocycles. The number of rotatable bonds is 3. The molecule has 3 nitrogen and oxygen atoms in total. The lowest BCUT2D eigenvalue weighted by atomic mass is 9.94. The maximum atomic E-state index is 11.9. The lowest BCUT2D eigenvalue weighted by Crippen LogP contribution is -2.23. The zero-order valence-corrected chi connectivity index (χ0v) is 11.1. The maximum Gasteiger partial charge on any atom is 0.316 e. The molecule has 0 spiro atoms. The van der Waals surface area contributed by atoms with Crippen molar-refractivity contribution in [1.29, 1.82) is 5.26 Å². The van der Waals surface area contributed by atoms with E-state index < -0.39 is 5.41 Å². The Kier molecular flexibility index (Phi) is 3.21. The van der Waals surface area contributed by atoms with Gasteiger partial charge >= 0.3 is 5.97 Å². The zero-order chi connectivity index (χ0) is 12.5. The van der Waals surface area contributed by atoms with Gasteiger partial charge in [-0.3, -0.25) is 4.79 Å². The summed E-state index contributed by atoms with van der Waals surface area (Å²) in [4.78, 5) is 11.9. The van der Waals surface area contributed by atoms with Gasteiger partial charge in [0.15, 0.2) is 0 Å². The fourth-order valence-corrected chi connectivity index (χ4v) is 2.25. The molecule has 1 aliphatic rings. The molecule has 0 bridgehead atoms. The van der Waals surface area contributed by atoms with Crippen LogP contribution in [0.3, 0.4) is 0 Å². The molecule has 0 unspecified atom stereocenters. The molecule has 0 amide bonds. The Morgan fingerprint density at radius 3 is 2.82 bits per heavy atom. The minimum absolute atomic E-state index is 0.175. The van der Waals surface area contributed by atoms with Gasteiger partial charge in [0.05, 0.1) is 17.6 Å². The fourth-order valence-electron chi connectivity index (χ4n) is 1.91. The third-order valence-corrected chi connectivity index (χ3v) is 3.75. The minimum Gasteiger partial charge on any atom is -0.465 e. The van der Waals surface area contributed by atoms with Gasteiger partial charge in [0.2, 0.25) is 0 Å². The summed E-state index contributed by atoms with van der Waals surface area (Å²) in [5, 5.41) is 8.97. The summed E-state index contributed by atoms with van der Waals surface area (Å²) >= 11 is 3.31. The summed E-state index contributed by atoms with van der Waals surface area (Å²) < 4.78 is 5.85. The Morgan fingerprint density at radius 2 is 2.29 bits per heavy atom. The van der Waals surface area contributed by atoms with Gasteiger partial charge in [-0.25, -0.2) is 0 Å². The number of ether oxygens (including phenoxy) is 1. The average molecular weight is 294 g/mol. The molecule has 0 aromatic heterocycles. The largest absolute Gasteiger partial charge is 0.465 e. The summed E-state index contributed by atoms with van der Waals surface area (Å²) in [6.45, 7) is 2.19. The monoisotopic (exact) mass is 293 g/mol. The molecule has 1 fully saturated rings. The molecule has 1 saturated carbocycles. The van der Waals surface area contributed by atoms with Crippen molar-refractivity contribution in [3.05, 3.63) is 33.8 Å². The smallest absolute Gasteiger partial charge is 0.316 e. The normalized spacial score (nSPS) is 16.1. The summed E-state index contributed by atoms with van der Waals surface area (Å²) in [6, 6.07) is 7.58. The first-order valence-corrected chi connectivity index (χ1v) is 6.30. The van der Waals surface area contributed by atoms with E-state index in [2.05, 4.69) is 22.0 Å². The van der Waals surface area contributed by atoms with Crippen LogP contribution in [0.5, 0.6) is 0 Å². The highest BCUT2D eigenvalue weighted by molar-refractivity contribution is 9.10. The summed E-state index contributed by atoms with van der Waals surface area (Å²) in [5.41, 5.74) is 0.941. The van der Waals surface area contributed by atoms with Crippen LogP contribution >= 0.6 is 15.9 Å². The molecule has 0 atom stereocenters. The SMILES string of the molecule is CCOC(=O)C1(c2ccc(Br)c(C#N)c2)CC1. The third-order valence-electron chi connectivity index (χ3n) is 3.06. The molecule has 0 aliphatic heterocycles. The van der Waals surface area contributed by atoms with Crippen molar-refractivity contribution in [2.24, 2.45) is 0 Å². The highest BCUT2D eigenvalue weighted by Gasteiger charge is 2.52. The van der Waals surface area contributed by atoms with Crippen molar-refractivity contribution in [2.75, 3.05) is 6.61 Å². The molecule has 0 heterocycles. The van der Waals surface area contributed by atoms with Crippen LogP contribution in [0.1, 0.15) is 30.9 Å².